The summed E-state index contributed by atoms with van der Waals surface area (Å²) in [6.07, 6.45) is 3.82. The molecule has 0 aromatic heterocycles. The highest BCUT2D eigenvalue weighted by molar-refractivity contribution is 5.94. The standard InChI is InChI=1S/C18H25NO5/c1-12(2)9-10-24-15-7-5-14(11-16(15)23-4)6-8-17(20)19-13(3)18(21)22/h5-8,11-13H,9-10H2,1-4H3,(H,19,20)(H,21,22)/b8-6+/t13-/m1/s1. The van der Waals surface area contributed by atoms with Crippen molar-refractivity contribution in [3.8, 4) is 11.5 Å². The first-order valence-corrected chi connectivity index (χ1v) is 7.85. The fourth-order valence-electron chi connectivity index (χ4n) is 1.81. The number of nitrogens with one attached hydrogen (secondary N) is 1. The van der Waals surface area contributed by atoms with Gasteiger partial charge < -0.3 is 19.9 Å². The number of aliphatic carboxylic acids is 1. The van der Waals surface area contributed by atoms with Crippen molar-refractivity contribution < 1.29 is 24.2 Å². The summed E-state index contributed by atoms with van der Waals surface area (Å²) in [5.41, 5.74) is 0.751. The lowest BCUT2D eigenvalue weighted by Gasteiger charge is -2.12. The lowest BCUT2D eigenvalue weighted by Crippen LogP contribution is -2.37. The highest BCUT2D eigenvalue weighted by Gasteiger charge is 2.12. The van der Waals surface area contributed by atoms with Gasteiger partial charge in [-0.1, -0.05) is 19.9 Å². The van der Waals surface area contributed by atoms with Gasteiger partial charge in [-0.2, -0.15) is 0 Å². The minimum Gasteiger partial charge on any atom is -0.493 e. The fraction of sp³-hybridized carbons (Fsp3) is 0.444. The van der Waals surface area contributed by atoms with E-state index in [9.17, 15) is 9.59 Å². The van der Waals surface area contributed by atoms with E-state index in [1.807, 2.05) is 0 Å². The van der Waals surface area contributed by atoms with E-state index in [-0.39, 0.29) is 0 Å². The summed E-state index contributed by atoms with van der Waals surface area (Å²) in [4.78, 5) is 22.3. The number of carboxylic acid groups (broad SMARTS) is 1. The monoisotopic (exact) mass is 335 g/mol. The summed E-state index contributed by atoms with van der Waals surface area (Å²) < 4.78 is 11.0. The molecule has 6 nitrogen and oxygen atoms in total. The third-order valence-corrected chi connectivity index (χ3v) is 3.30. The Labute approximate surface area is 142 Å². The number of amides is 1. The van der Waals surface area contributed by atoms with Crippen LogP contribution in [0.25, 0.3) is 6.08 Å². The third kappa shape index (κ3) is 6.73. The molecule has 0 radical (unpaired) electrons. The third-order valence-electron chi connectivity index (χ3n) is 3.30. The Morgan fingerprint density at radius 1 is 1.25 bits per heavy atom. The Kier molecular flexibility index (Phi) is 7.82. The quantitative estimate of drug-likeness (QED) is 0.678. The molecule has 0 unspecified atom stereocenters. The molecule has 0 spiro atoms. The number of rotatable bonds is 9. The summed E-state index contributed by atoms with van der Waals surface area (Å²) in [6, 6.07) is 4.41. The maximum atomic E-state index is 11.6. The number of carboxylic acids is 1. The molecule has 0 bridgehead atoms. The lowest BCUT2D eigenvalue weighted by atomic mass is 10.1. The van der Waals surface area contributed by atoms with Crippen molar-refractivity contribution in [3.63, 3.8) is 0 Å². The van der Waals surface area contributed by atoms with E-state index in [0.29, 0.717) is 24.0 Å². The van der Waals surface area contributed by atoms with Gasteiger partial charge in [-0.3, -0.25) is 9.59 Å². The maximum Gasteiger partial charge on any atom is 0.325 e. The minimum atomic E-state index is -1.08. The molecule has 1 aromatic carbocycles. The van der Waals surface area contributed by atoms with Crippen LogP contribution in [0.5, 0.6) is 11.5 Å². The van der Waals surface area contributed by atoms with Crippen LogP contribution < -0.4 is 14.8 Å². The summed E-state index contributed by atoms with van der Waals surface area (Å²) >= 11 is 0. The molecule has 0 saturated carbocycles. The zero-order valence-corrected chi connectivity index (χ0v) is 14.5. The van der Waals surface area contributed by atoms with Crippen molar-refractivity contribution in [2.24, 2.45) is 5.92 Å². The minimum absolute atomic E-state index is 0.471. The molecule has 132 valence electrons. The zero-order chi connectivity index (χ0) is 18.1. The number of benzene rings is 1. The zero-order valence-electron chi connectivity index (χ0n) is 14.5. The SMILES string of the molecule is COc1cc(/C=C/C(=O)N[C@H](C)C(=O)O)ccc1OCCC(C)C. The largest absolute Gasteiger partial charge is 0.493 e. The van der Waals surface area contributed by atoms with E-state index in [4.69, 9.17) is 14.6 Å². The first kappa shape index (κ1) is 19.5. The van der Waals surface area contributed by atoms with Gasteiger partial charge in [-0.15, -0.1) is 0 Å². The molecule has 2 N–H and O–H groups in total. The predicted molar refractivity (Wildman–Crippen MR) is 92.2 cm³/mol. The molecule has 0 aliphatic carbocycles. The number of hydrogen-bond donors (Lipinski definition) is 2. The molecule has 0 saturated heterocycles. The second-order valence-corrected chi connectivity index (χ2v) is 5.84. The van der Waals surface area contributed by atoms with E-state index in [1.165, 1.54) is 13.0 Å². The lowest BCUT2D eigenvalue weighted by molar-refractivity contribution is -0.140. The maximum absolute atomic E-state index is 11.6. The molecule has 0 aliphatic heterocycles. The summed E-state index contributed by atoms with van der Waals surface area (Å²) in [5.74, 6) is 0.242. The van der Waals surface area contributed by atoms with Crippen LogP contribution in [-0.4, -0.2) is 36.7 Å². The van der Waals surface area contributed by atoms with Crippen molar-refractivity contribution in [1.82, 2.24) is 5.32 Å². The number of ether oxygens (including phenoxy) is 2. The van der Waals surface area contributed by atoms with Crippen LogP contribution in [0, 0.1) is 5.92 Å². The van der Waals surface area contributed by atoms with Crippen molar-refractivity contribution >= 4 is 18.0 Å². The van der Waals surface area contributed by atoms with Crippen molar-refractivity contribution in [2.45, 2.75) is 33.2 Å². The first-order valence-electron chi connectivity index (χ1n) is 7.85. The van der Waals surface area contributed by atoms with Gasteiger partial charge >= 0.3 is 5.97 Å². The topological polar surface area (TPSA) is 84.9 Å². The molecule has 24 heavy (non-hydrogen) atoms. The van der Waals surface area contributed by atoms with Crippen molar-refractivity contribution in [2.75, 3.05) is 13.7 Å². The second-order valence-electron chi connectivity index (χ2n) is 5.84. The van der Waals surface area contributed by atoms with Crippen LogP contribution in [0.2, 0.25) is 0 Å². The summed E-state index contributed by atoms with van der Waals surface area (Å²) in [5, 5.41) is 11.1. The summed E-state index contributed by atoms with van der Waals surface area (Å²) in [7, 11) is 1.55. The predicted octanol–water partition coefficient (Wildman–Crippen LogP) is 2.72. The number of methoxy groups -OCH3 is 1. The van der Waals surface area contributed by atoms with Gasteiger partial charge in [0.1, 0.15) is 6.04 Å². The average Bonchev–Trinajstić information content (AvgIpc) is 2.53. The van der Waals surface area contributed by atoms with Gasteiger partial charge in [-0.05, 0) is 43.0 Å². The van der Waals surface area contributed by atoms with E-state index < -0.39 is 17.9 Å². The van der Waals surface area contributed by atoms with Crippen LogP contribution >= 0.6 is 0 Å². The number of carbonyl (C=O) groups is 2. The average molecular weight is 335 g/mol. The number of hydrogen-bond acceptors (Lipinski definition) is 4. The molecule has 0 fully saturated rings. The van der Waals surface area contributed by atoms with Crippen LogP contribution in [0.15, 0.2) is 24.3 Å². The van der Waals surface area contributed by atoms with Gasteiger partial charge in [-0.25, -0.2) is 0 Å². The highest BCUT2D eigenvalue weighted by Crippen LogP contribution is 2.28. The Morgan fingerprint density at radius 2 is 1.96 bits per heavy atom. The van der Waals surface area contributed by atoms with Crippen molar-refractivity contribution in [1.29, 1.82) is 0 Å². The van der Waals surface area contributed by atoms with E-state index in [1.54, 1.807) is 31.4 Å². The van der Waals surface area contributed by atoms with E-state index in [2.05, 4.69) is 19.2 Å². The molecular weight excluding hydrogens is 310 g/mol. The first-order chi connectivity index (χ1) is 11.3. The van der Waals surface area contributed by atoms with Gasteiger partial charge in [0.05, 0.1) is 13.7 Å². The summed E-state index contributed by atoms with van der Waals surface area (Å²) in [6.45, 7) is 6.27. The van der Waals surface area contributed by atoms with Gasteiger partial charge in [0.25, 0.3) is 0 Å². The Morgan fingerprint density at radius 3 is 2.54 bits per heavy atom. The van der Waals surface area contributed by atoms with Crippen LogP contribution in [-0.2, 0) is 9.59 Å². The molecule has 1 atom stereocenters. The molecule has 0 heterocycles. The van der Waals surface area contributed by atoms with Crippen LogP contribution in [0.1, 0.15) is 32.8 Å². The molecule has 6 heteroatoms. The molecule has 0 aliphatic rings. The molecule has 1 amide bonds. The number of carbonyl (C=O) groups excluding carboxylic acids is 1. The van der Waals surface area contributed by atoms with Crippen LogP contribution in [0.3, 0.4) is 0 Å². The second kappa shape index (κ2) is 9.60. The van der Waals surface area contributed by atoms with Crippen molar-refractivity contribution in [3.05, 3.63) is 29.8 Å². The molecule has 1 aromatic rings. The molecular formula is C18H25NO5. The normalized spacial score (nSPS) is 12.2. The van der Waals surface area contributed by atoms with Crippen LogP contribution in [0.4, 0.5) is 0 Å². The van der Waals surface area contributed by atoms with E-state index in [0.717, 1.165) is 12.0 Å². The smallest absolute Gasteiger partial charge is 0.325 e. The van der Waals surface area contributed by atoms with Gasteiger partial charge in [0, 0.05) is 6.08 Å². The highest BCUT2D eigenvalue weighted by atomic mass is 16.5. The Hall–Kier alpha value is -2.50. The fourth-order valence-corrected chi connectivity index (χ4v) is 1.81. The Bertz CT molecular complexity index is 595. The van der Waals surface area contributed by atoms with Gasteiger partial charge in [0.2, 0.25) is 5.91 Å². The van der Waals surface area contributed by atoms with E-state index >= 15 is 0 Å². The molecule has 1 rings (SSSR count). The Balaban J connectivity index is 2.71. The van der Waals surface area contributed by atoms with Gasteiger partial charge in [0.15, 0.2) is 11.5 Å².